The minimum atomic E-state index is -0.265. The Kier molecular flexibility index (Phi) is 3.33. The van der Waals surface area contributed by atoms with Gasteiger partial charge < -0.3 is 10.2 Å². The van der Waals surface area contributed by atoms with Gasteiger partial charge in [-0.3, -0.25) is 0 Å². The quantitative estimate of drug-likeness (QED) is 0.813. The smallest absolute Gasteiger partial charge is 0.187 e. The lowest BCUT2D eigenvalue weighted by Crippen LogP contribution is -2.49. The molecule has 1 fully saturated rings. The number of aryl methyl sites for hydroxylation is 1. The van der Waals surface area contributed by atoms with Crippen LogP contribution in [0.25, 0.3) is 0 Å². The molecule has 2 rings (SSSR count). The number of hydrogen-bond acceptors (Lipinski definition) is 4. The third kappa shape index (κ3) is 2.14. The molecule has 1 aromatic heterocycles. The summed E-state index contributed by atoms with van der Waals surface area (Å²) in [6, 6.07) is 0.369. The number of nitrogens with zero attached hydrogens (tertiary/aromatic N) is 3. The summed E-state index contributed by atoms with van der Waals surface area (Å²) in [6.07, 6.45) is 2.05. The molecule has 0 bridgehead atoms. The molecule has 2 heterocycles. The minimum Gasteiger partial charge on any atom is -0.351 e. The normalized spacial score (nSPS) is 21.2. The highest BCUT2D eigenvalue weighted by atomic mass is 19.1. The van der Waals surface area contributed by atoms with E-state index in [0.717, 1.165) is 19.6 Å². The zero-order chi connectivity index (χ0) is 11.5. The summed E-state index contributed by atoms with van der Waals surface area (Å²) >= 11 is 0. The summed E-state index contributed by atoms with van der Waals surface area (Å²) in [5.74, 6) is 0.180. The molecule has 0 saturated carbocycles. The van der Waals surface area contributed by atoms with E-state index >= 15 is 0 Å². The zero-order valence-corrected chi connectivity index (χ0v) is 9.70. The van der Waals surface area contributed by atoms with Crippen LogP contribution in [0.2, 0.25) is 0 Å². The molecule has 0 radical (unpaired) electrons. The lowest BCUT2D eigenvalue weighted by molar-refractivity contribution is 0.472. The standard InChI is InChI=1S/C11H17FN4/c1-3-9-10(12)11(15-7-14-9)16-5-4-13-8(2)6-16/h7-8,13H,3-6H2,1-2H3/t8-/m0/s1. The minimum absolute atomic E-state index is 0.265. The van der Waals surface area contributed by atoms with Gasteiger partial charge in [0.2, 0.25) is 0 Å². The first kappa shape index (κ1) is 11.3. The Labute approximate surface area is 94.9 Å². The molecule has 0 unspecified atom stereocenters. The number of nitrogens with one attached hydrogen (secondary N) is 1. The van der Waals surface area contributed by atoms with Gasteiger partial charge in [0.15, 0.2) is 11.6 Å². The first-order valence-corrected chi connectivity index (χ1v) is 5.70. The molecule has 1 atom stereocenters. The number of hydrogen-bond donors (Lipinski definition) is 1. The molecule has 0 aliphatic carbocycles. The van der Waals surface area contributed by atoms with Crippen LogP contribution in [0.3, 0.4) is 0 Å². The summed E-state index contributed by atoms with van der Waals surface area (Å²) in [5, 5.41) is 3.32. The summed E-state index contributed by atoms with van der Waals surface area (Å²) in [7, 11) is 0. The van der Waals surface area contributed by atoms with Crippen LogP contribution in [-0.2, 0) is 6.42 Å². The number of anilines is 1. The molecule has 1 aliphatic rings. The van der Waals surface area contributed by atoms with Gasteiger partial charge in [-0.15, -0.1) is 0 Å². The molecule has 0 spiro atoms. The third-order valence-electron chi connectivity index (χ3n) is 2.85. The van der Waals surface area contributed by atoms with Crippen LogP contribution in [0.15, 0.2) is 6.33 Å². The lowest BCUT2D eigenvalue weighted by Gasteiger charge is -2.32. The second-order valence-electron chi connectivity index (χ2n) is 4.11. The van der Waals surface area contributed by atoms with Crippen molar-refractivity contribution in [2.24, 2.45) is 0 Å². The second-order valence-corrected chi connectivity index (χ2v) is 4.11. The molecular weight excluding hydrogens is 207 g/mol. The Bertz CT molecular complexity index is 369. The van der Waals surface area contributed by atoms with Crippen molar-refractivity contribution in [1.82, 2.24) is 15.3 Å². The summed E-state index contributed by atoms with van der Waals surface area (Å²) in [5.41, 5.74) is 0.496. The number of aromatic nitrogens is 2. The van der Waals surface area contributed by atoms with E-state index in [-0.39, 0.29) is 5.82 Å². The van der Waals surface area contributed by atoms with Crippen molar-refractivity contribution in [2.45, 2.75) is 26.3 Å². The molecule has 1 aliphatic heterocycles. The van der Waals surface area contributed by atoms with Crippen molar-refractivity contribution in [2.75, 3.05) is 24.5 Å². The first-order valence-electron chi connectivity index (χ1n) is 5.70. The maximum atomic E-state index is 14.0. The van der Waals surface area contributed by atoms with Crippen LogP contribution in [0, 0.1) is 5.82 Å². The molecule has 16 heavy (non-hydrogen) atoms. The van der Waals surface area contributed by atoms with Crippen LogP contribution < -0.4 is 10.2 Å². The highest BCUT2D eigenvalue weighted by molar-refractivity contribution is 5.41. The maximum Gasteiger partial charge on any atom is 0.187 e. The highest BCUT2D eigenvalue weighted by Gasteiger charge is 2.21. The predicted molar refractivity (Wildman–Crippen MR) is 61.0 cm³/mol. The van der Waals surface area contributed by atoms with Gasteiger partial charge in [-0.05, 0) is 13.3 Å². The lowest BCUT2D eigenvalue weighted by atomic mass is 10.2. The van der Waals surface area contributed by atoms with Crippen molar-refractivity contribution < 1.29 is 4.39 Å². The van der Waals surface area contributed by atoms with E-state index in [1.54, 1.807) is 0 Å². The Morgan fingerprint density at radius 2 is 2.38 bits per heavy atom. The Morgan fingerprint density at radius 3 is 3.06 bits per heavy atom. The van der Waals surface area contributed by atoms with Crippen molar-refractivity contribution in [3.63, 3.8) is 0 Å². The summed E-state index contributed by atoms with van der Waals surface area (Å²) in [6.45, 7) is 6.44. The van der Waals surface area contributed by atoms with Crippen LogP contribution in [-0.4, -0.2) is 35.6 Å². The van der Waals surface area contributed by atoms with Gasteiger partial charge in [0.05, 0.1) is 5.69 Å². The summed E-state index contributed by atoms with van der Waals surface area (Å²) < 4.78 is 14.0. The molecule has 1 N–H and O–H groups in total. The van der Waals surface area contributed by atoms with Crippen LogP contribution in [0.1, 0.15) is 19.5 Å². The Balaban J connectivity index is 2.25. The largest absolute Gasteiger partial charge is 0.351 e. The molecule has 1 saturated heterocycles. The average Bonchev–Trinajstić information content (AvgIpc) is 2.29. The fourth-order valence-electron chi connectivity index (χ4n) is 1.99. The van der Waals surface area contributed by atoms with Crippen molar-refractivity contribution >= 4 is 5.82 Å². The fourth-order valence-corrected chi connectivity index (χ4v) is 1.99. The van der Waals surface area contributed by atoms with E-state index in [1.165, 1.54) is 6.33 Å². The van der Waals surface area contributed by atoms with Gasteiger partial charge in [-0.2, -0.15) is 0 Å². The predicted octanol–water partition coefficient (Wildman–Crippen LogP) is 0.976. The van der Waals surface area contributed by atoms with Crippen molar-refractivity contribution in [3.05, 3.63) is 17.8 Å². The monoisotopic (exact) mass is 224 g/mol. The molecule has 0 amide bonds. The van der Waals surface area contributed by atoms with E-state index in [1.807, 2.05) is 11.8 Å². The SMILES string of the molecule is CCc1ncnc(N2CCN[C@@H](C)C2)c1F. The van der Waals surface area contributed by atoms with E-state index in [0.29, 0.717) is 24.0 Å². The number of rotatable bonds is 2. The van der Waals surface area contributed by atoms with Gasteiger partial charge in [0.1, 0.15) is 6.33 Å². The highest BCUT2D eigenvalue weighted by Crippen LogP contribution is 2.19. The topological polar surface area (TPSA) is 41.1 Å². The third-order valence-corrected chi connectivity index (χ3v) is 2.85. The molecule has 88 valence electrons. The zero-order valence-electron chi connectivity index (χ0n) is 9.70. The fraction of sp³-hybridized carbons (Fsp3) is 0.636. The van der Waals surface area contributed by atoms with E-state index in [4.69, 9.17) is 0 Å². The molecule has 1 aromatic rings. The van der Waals surface area contributed by atoms with Crippen LogP contribution >= 0.6 is 0 Å². The van der Waals surface area contributed by atoms with Gasteiger partial charge in [0, 0.05) is 25.7 Å². The second kappa shape index (κ2) is 4.74. The van der Waals surface area contributed by atoms with Gasteiger partial charge in [-0.25, -0.2) is 14.4 Å². The van der Waals surface area contributed by atoms with Gasteiger partial charge >= 0.3 is 0 Å². The Morgan fingerprint density at radius 1 is 1.56 bits per heavy atom. The van der Waals surface area contributed by atoms with Gasteiger partial charge in [-0.1, -0.05) is 6.92 Å². The van der Waals surface area contributed by atoms with E-state index < -0.39 is 0 Å². The molecule has 5 heteroatoms. The van der Waals surface area contributed by atoms with E-state index in [2.05, 4.69) is 22.2 Å². The average molecular weight is 224 g/mol. The van der Waals surface area contributed by atoms with Crippen LogP contribution in [0.4, 0.5) is 10.2 Å². The van der Waals surface area contributed by atoms with Crippen molar-refractivity contribution in [1.29, 1.82) is 0 Å². The van der Waals surface area contributed by atoms with Crippen molar-refractivity contribution in [3.8, 4) is 0 Å². The molecule has 0 aromatic carbocycles. The maximum absolute atomic E-state index is 14.0. The number of piperazine rings is 1. The van der Waals surface area contributed by atoms with Crippen LogP contribution in [0.5, 0.6) is 0 Å². The Hall–Kier alpha value is -1.23. The molecule has 4 nitrogen and oxygen atoms in total. The van der Waals surface area contributed by atoms with Gasteiger partial charge in [0.25, 0.3) is 0 Å². The van der Waals surface area contributed by atoms with E-state index in [9.17, 15) is 4.39 Å². The molecular formula is C11H17FN4. The number of halogens is 1. The summed E-state index contributed by atoms with van der Waals surface area (Å²) in [4.78, 5) is 9.98. The first-order chi connectivity index (χ1) is 7.72.